The fourth-order valence-electron chi connectivity index (χ4n) is 6.63. The van der Waals surface area contributed by atoms with Crippen LogP contribution in [0.1, 0.15) is 69.3 Å². The van der Waals surface area contributed by atoms with Crippen molar-refractivity contribution in [1.29, 1.82) is 0 Å². The average Bonchev–Trinajstić information content (AvgIpc) is 3.91. The Balaban J connectivity index is 1.26. The molecule has 0 bridgehead atoms. The number of esters is 1. The van der Waals surface area contributed by atoms with Crippen LogP contribution in [-0.2, 0) is 20.8 Å². The lowest BCUT2D eigenvalue weighted by Crippen LogP contribution is -2.45. The number of fused-ring (bicyclic) bond motifs is 1. The lowest BCUT2D eigenvalue weighted by atomic mass is 9.91. The van der Waals surface area contributed by atoms with Crippen molar-refractivity contribution in [2.24, 2.45) is 11.7 Å². The van der Waals surface area contributed by atoms with Crippen LogP contribution in [0.5, 0.6) is 0 Å². The zero-order chi connectivity index (χ0) is 35.9. The first-order valence-electron chi connectivity index (χ1n) is 17.1. The van der Waals surface area contributed by atoms with E-state index >= 15 is 0 Å². The standard InChI is InChI=1S/C35H43N11O5/c1-5-46-42-30(41-43-46)27-25(47)26(48)32(50-27)45-19-38-24-29(37-18-23(20-12-8-6-9-13-20)21-14-10-7-11-15-21)39-34(40-31(24)45)44-17-16-22(28(44)36)33(49)51-35(2,3)4/h6-15,19,22-23,25-28,32,47-48H,5,16-18,36H2,1-4H3,(H,37,39,40)/t22?,25-,26+,27-,28+,32+/m0/s1. The highest BCUT2D eigenvalue weighted by Crippen LogP contribution is 2.40. The number of nitrogens with two attached hydrogens (primary N) is 1. The zero-order valence-corrected chi connectivity index (χ0v) is 28.9. The number of nitrogens with zero attached hydrogens (tertiary/aromatic N) is 9. The van der Waals surface area contributed by atoms with Crippen LogP contribution in [0, 0.1) is 5.92 Å². The van der Waals surface area contributed by atoms with E-state index in [0.29, 0.717) is 43.0 Å². The van der Waals surface area contributed by atoms with Gasteiger partial charge >= 0.3 is 5.97 Å². The molecule has 268 valence electrons. The monoisotopic (exact) mass is 697 g/mol. The fraction of sp³-hybridized carbons (Fsp3) is 0.457. The number of aromatic nitrogens is 8. The second-order valence-corrected chi connectivity index (χ2v) is 13.8. The maximum absolute atomic E-state index is 13.1. The maximum atomic E-state index is 13.1. The first-order chi connectivity index (χ1) is 24.5. The summed E-state index contributed by atoms with van der Waals surface area (Å²) in [4.78, 5) is 30.7. The lowest BCUT2D eigenvalue weighted by Gasteiger charge is -2.27. The third-order valence-corrected chi connectivity index (χ3v) is 9.22. The summed E-state index contributed by atoms with van der Waals surface area (Å²) in [6.45, 7) is 8.66. The van der Waals surface area contributed by atoms with E-state index in [1.807, 2.05) is 64.1 Å². The summed E-state index contributed by atoms with van der Waals surface area (Å²) in [7, 11) is 0. The van der Waals surface area contributed by atoms with Crippen LogP contribution in [0.25, 0.3) is 11.2 Å². The van der Waals surface area contributed by atoms with Gasteiger partial charge in [0.25, 0.3) is 0 Å². The molecule has 0 radical (unpaired) electrons. The molecule has 2 fully saturated rings. The largest absolute Gasteiger partial charge is 0.460 e. The summed E-state index contributed by atoms with van der Waals surface area (Å²) in [5.74, 6) is -0.170. The van der Waals surface area contributed by atoms with Gasteiger partial charge in [-0.2, -0.15) is 14.8 Å². The topological polar surface area (TPSA) is 204 Å². The van der Waals surface area contributed by atoms with Crippen LogP contribution < -0.4 is 16.0 Å². The van der Waals surface area contributed by atoms with E-state index in [1.54, 1.807) is 9.47 Å². The van der Waals surface area contributed by atoms with Crippen molar-refractivity contribution < 1.29 is 24.5 Å². The van der Waals surface area contributed by atoms with E-state index in [2.05, 4.69) is 50.0 Å². The molecule has 2 aromatic carbocycles. The molecule has 3 aromatic heterocycles. The van der Waals surface area contributed by atoms with Gasteiger partial charge in [-0.15, -0.1) is 10.2 Å². The summed E-state index contributed by atoms with van der Waals surface area (Å²) >= 11 is 0. The second kappa shape index (κ2) is 13.9. The normalized spacial score (nSPS) is 23.7. The van der Waals surface area contributed by atoms with E-state index < -0.39 is 42.2 Å². The number of anilines is 2. The van der Waals surface area contributed by atoms with Gasteiger partial charge in [-0.25, -0.2) is 4.98 Å². The summed E-state index contributed by atoms with van der Waals surface area (Å²) < 4.78 is 13.4. The predicted molar refractivity (Wildman–Crippen MR) is 186 cm³/mol. The van der Waals surface area contributed by atoms with E-state index in [9.17, 15) is 15.0 Å². The van der Waals surface area contributed by atoms with Gasteiger partial charge in [0.1, 0.15) is 17.8 Å². The number of aliphatic hydroxyl groups excluding tert-OH is 2. The molecule has 1 unspecified atom stereocenters. The van der Waals surface area contributed by atoms with Gasteiger partial charge in [-0.05, 0) is 50.5 Å². The Bertz CT molecular complexity index is 1930. The summed E-state index contributed by atoms with van der Waals surface area (Å²) in [6.07, 6.45) is -3.67. The number of nitrogens with one attached hydrogen (secondary N) is 1. The Labute approximate surface area is 294 Å². The van der Waals surface area contributed by atoms with Gasteiger partial charge in [0, 0.05) is 19.0 Å². The maximum Gasteiger partial charge on any atom is 0.313 e. The van der Waals surface area contributed by atoms with Gasteiger partial charge < -0.3 is 35.6 Å². The smallest absolute Gasteiger partial charge is 0.313 e. The van der Waals surface area contributed by atoms with E-state index in [4.69, 9.17) is 25.2 Å². The number of ether oxygens (including phenoxy) is 2. The molecular weight excluding hydrogens is 654 g/mol. The summed E-state index contributed by atoms with van der Waals surface area (Å²) in [5.41, 5.74) is 9.01. The molecule has 0 aliphatic carbocycles. The van der Waals surface area contributed by atoms with Crippen molar-refractivity contribution in [3.05, 3.63) is 83.9 Å². The number of aliphatic hydroxyl groups is 2. The molecule has 16 heteroatoms. The van der Waals surface area contributed by atoms with E-state index in [1.165, 1.54) is 11.1 Å². The molecule has 7 rings (SSSR count). The van der Waals surface area contributed by atoms with Crippen molar-refractivity contribution >= 4 is 28.9 Å². The number of benzene rings is 2. The average molecular weight is 698 g/mol. The van der Waals surface area contributed by atoms with Crippen molar-refractivity contribution in [3.63, 3.8) is 0 Å². The zero-order valence-electron chi connectivity index (χ0n) is 28.9. The number of hydrogen-bond donors (Lipinski definition) is 4. The third-order valence-electron chi connectivity index (χ3n) is 9.22. The molecule has 2 saturated heterocycles. The highest BCUT2D eigenvalue weighted by Gasteiger charge is 2.47. The van der Waals surface area contributed by atoms with Crippen LogP contribution in [0.15, 0.2) is 67.0 Å². The minimum atomic E-state index is -1.37. The number of carbonyl (C=O) groups is 1. The Kier molecular flexibility index (Phi) is 9.41. The molecule has 5 aromatic rings. The number of imidazole rings is 1. The van der Waals surface area contributed by atoms with E-state index in [-0.39, 0.29) is 23.7 Å². The van der Waals surface area contributed by atoms with Crippen LogP contribution >= 0.6 is 0 Å². The van der Waals surface area contributed by atoms with Gasteiger partial charge in [0.15, 0.2) is 29.3 Å². The summed E-state index contributed by atoms with van der Waals surface area (Å²) in [5, 5.41) is 38.1. The van der Waals surface area contributed by atoms with Crippen LogP contribution in [0.4, 0.5) is 11.8 Å². The predicted octanol–water partition coefficient (Wildman–Crippen LogP) is 2.52. The molecule has 5 heterocycles. The third kappa shape index (κ3) is 6.87. The van der Waals surface area contributed by atoms with Gasteiger partial charge in [-0.3, -0.25) is 9.36 Å². The van der Waals surface area contributed by atoms with Gasteiger partial charge in [-0.1, -0.05) is 60.7 Å². The number of aryl methyl sites for hydroxylation is 1. The number of carbonyl (C=O) groups excluding carboxylic acids is 1. The molecule has 2 aliphatic rings. The molecule has 0 amide bonds. The van der Waals surface area contributed by atoms with Crippen molar-refractivity contribution in [2.45, 2.75) is 82.9 Å². The van der Waals surface area contributed by atoms with E-state index in [0.717, 1.165) is 11.1 Å². The van der Waals surface area contributed by atoms with Gasteiger partial charge in [0.2, 0.25) is 11.8 Å². The van der Waals surface area contributed by atoms with Crippen molar-refractivity contribution in [3.8, 4) is 0 Å². The molecule has 16 nitrogen and oxygen atoms in total. The number of rotatable bonds is 10. The number of tetrazole rings is 1. The molecule has 0 saturated carbocycles. The summed E-state index contributed by atoms with van der Waals surface area (Å²) in [6, 6.07) is 20.4. The Morgan fingerprint density at radius 1 is 1.06 bits per heavy atom. The quantitative estimate of drug-likeness (QED) is 0.155. The van der Waals surface area contributed by atoms with Crippen LogP contribution in [-0.4, -0.2) is 93.0 Å². The fourth-order valence-corrected chi connectivity index (χ4v) is 6.63. The first-order valence-corrected chi connectivity index (χ1v) is 17.1. The SMILES string of the molecule is CCn1nnc([C@H]2O[C@@H](n3cnc4c(NCC(c5ccccc5)c5ccccc5)nc(N5CCC(C(=O)OC(C)(C)C)[C@@H]5N)nc43)[C@H](O)[C@@H]2O)n1. The minimum Gasteiger partial charge on any atom is -0.460 e. The molecule has 5 N–H and O–H groups in total. The molecule has 51 heavy (non-hydrogen) atoms. The lowest BCUT2D eigenvalue weighted by molar-refractivity contribution is -0.160. The molecular formula is C35H43N11O5. The van der Waals surface area contributed by atoms with Crippen LogP contribution in [0.2, 0.25) is 0 Å². The Morgan fingerprint density at radius 3 is 2.37 bits per heavy atom. The van der Waals surface area contributed by atoms with Gasteiger partial charge in [0.05, 0.1) is 25.0 Å². The number of hydrogen-bond acceptors (Lipinski definition) is 14. The minimum absolute atomic E-state index is 0.0338. The Morgan fingerprint density at radius 2 is 1.75 bits per heavy atom. The molecule has 2 aliphatic heterocycles. The highest BCUT2D eigenvalue weighted by molar-refractivity contribution is 5.85. The van der Waals surface area contributed by atoms with Crippen molar-refractivity contribution in [1.82, 2.24) is 39.7 Å². The Hall–Kier alpha value is -5.03. The molecule has 6 atom stereocenters. The highest BCUT2D eigenvalue weighted by atomic mass is 16.6. The van der Waals surface area contributed by atoms with Crippen molar-refractivity contribution in [2.75, 3.05) is 23.3 Å². The van der Waals surface area contributed by atoms with Crippen LogP contribution in [0.3, 0.4) is 0 Å². The second-order valence-electron chi connectivity index (χ2n) is 13.8. The first kappa shape index (κ1) is 34.4. The molecule has 0 spiro atoms.